The van der Waals surface area contributed by atoms with Crippen LogP contribution in [-0.2, 0) is 20.1 Å². The van der Waals surface area contributed by atoms with Crippen LogP contribution in [0.25, 0.3) is 10.9 Å². The molecule has 0 spiro atoms. The van der Waals surface area contributed by atoms with Crippen LogP contribution < -0.4 is 5.56 Å². The maximum absolute atomic E-state index is 12.3. The first-order chi connectivity index (χ1) is 11.0. The number of aromatic nitrogens is 3. The minimum Gasteiger partial charge on any atom is -0.322 e. The van der Waals surface area contributed by atoms with Crippen LogP contribution in [0, 0.1) is 0 Å². The van der Waals surface area contributed by atoms with Crippen molar-refractivity contribution in [1.82, 2.24) is 19.7 Å². The summed E-state index contributed by atoms with van der Waals surface area (Å²) in [6.07, 6.45) is 3.85. The molecule has 0 bridgehead atoms. The summed E-state index contributed by atoms with van der Waals surface area (Å²) in [5.74, 6) is 0. The Bertz CT molecular complexity index is 884. The number of aryl methyl sites for hydroxylation is 1. The quantitative estimate of drug-likeness (QED) is 0.782. The summed E-state index contributed by atoms with van der Waals surface area (Å²) in [5, 5.41) is 5.79. The van der Waals surface area contributed by atoms with Crippen molar-refractivity contribution in [2.75, 3.05) is 6.54 Å². The van der Waals surface area contributed by atoms with Crippen molar-refractivity contribution in [3.8, 4) is 0 Å². The lowest BCUT2D eigenvalue weighted by Crippen LogP contribution is -2.26. The van der Waals surface area contributed by atoms with E-state index in [4.69, 9.17) is 11.6 Å². The molecule has 1 aromatic carbocycles. The monoisotopic (exact) mass is 330 g/mol. The molecule has 1 N–H and O–H groups in total. The Labute approximate surface area is 139 Å². The van der Waals surface area contributed by atoms with Crippen LogP contribution in [-0.4, -0.2) is 26.2 Å². The Hall–Kier alpha value is -2.11. The van der Waals surface area contributed by atoms with Gasteiger partial charge in [-0.2, -0.15) is 5.10 Å². The Kier molecular flexibility index (Phi) is 4.50. The lowest BCUT2D eigenvalue weighted by Gasteiger charge is -2.19. The molecule has 3 rings (SSSR count). The molecule has 0 saturated carbocycles. The van der Waals surface area contributed by atoms with Gasteiger partial charge in [0.25, 0.3) is 5.56 Å². The number of benzene rings is 1. The maximum Gasteiger partial charge on any atom is 0.252 e. The molecule has 0 aliphatic heterocycles. The molecular formula is C17H19ClN4O. The van der Waals surface area contributed by atoms with Gasteiger partial charge in [0.2, 0.25) is 0 Å². The van der Waals surface area contributed by atoms with E-state index in [9.17, 15) is 4.79 Å². The van der Waals surface area contributed by atoms with Gasteiger partial charge >= 0.3 is 0 Å². The number of hydrogen-bond acceptors (Lipinski definition) is 3. The third-order valence-electron chi connectivity index (χ3n) is 3.89. The zero-order chi connectivity index (χ0) is 16.4. The first-order valence-electron chi connectivity index (χ1n) is 7.56. The predicted molar refractivity (Wildman–Crippen MR) is 92.6 cm³/mol. The molecule has 3 aromatic rings. The molecule has 0 unspecified atom stereocenters. The Morgan fingerprint density at radius 2 is 2.13 bits per heavy atom. The van der Waals surface area contributed by atoms with E-state index in [1.54, 1.807) is 10.7 Å². The van der Waals surface area contributed by atoms with Crippen LogP contribution >= 0.6 is 11.6 Å². The average molecular weight is 331 g/mol. The van der Waals surface area contributed by atoms with E-state index in [0.717, 1.165) is 35.1 Å². The molecule has 0 radical (unpaired) electrons. The molecule has 0 atom stereocenters. The highest BCUT2D eigenvalue weighted by Gasteiger charge is 2.10. The molecular weight excluding hydrogens is 312 g/mol. The van der Waals surface area contributed by atoms with E-state index in [-0.39, 0.29) is 5.56 Å². The Balaban J connectivity index is 1.85. The number of H-pyrrole nitrogens is 1. The number of pyridine rings is 1. The zero-order valence-electron chi connectivity index (χ0n) is 13.2. The average Bonchev–Trinajstić information content (AvgIpc) is 2.92. The van der Waals surface area contributed by atoms with Gasteiger partial charge in [0.05, 0.1) is 6.20 Å². The molecule has 0 saturated heterocycles. The second kappa shape index (κ2) is 6.56. The topological polar surface area (TPSA) is 53.9 Å². The Morgan fingerprint density at radius 1 is 1.30 bits per heavy atom. The molecule has 0 aliphatic carbocycles. The first kappa shape index (κ1) is 15.8. The van der Waals surface area contributed by atoms with Crippen molar-refractivity contribution in [3.05, 3.63) is 63.2 Å². The third-order valence-corrected chi connectivity index (χ3v) is 4.13. The molecule has 23 heavy (non-hydrogen) atoms. The number of aromatic amines is 1. The normalized spacial score (nSPS) is 11.5. The summed E-state index contributed by atoms with van der Waals surface area (Å²) in [5.41, 5.74) is 2.59. The van der Waals surface area contributed by atoms with Gasteiger partial charge in [0.1, 0.15) is 0 Å². The summed E-state index contributed by atoms with van der Waals surface area (Å²) >= 11 is 5.97. The lowest BCUT2D eigenvalue weighted by atomic mass is 10.1. The molecule has 0 amide bonds. The van der Waals surface area contributed by atoms with Crippen LogP contribution in [0.4, 0.5) is 0 Å². The van der Waals surface area contributed by atoms with E-state index < -0.39 is 0 Å². The number of nitrogens with zero attached hydrogens (tertiary/aromatic N) is 3. The molecule has 2 aromatic heterocycles. The lowest BCUT2D eigenvalue weighted by molar-refractivity contribution is 0.270. The van der Waals surface area contributed by atoms with Crippen molar-refractivity contribution in [3.63, 3.8) is 0 Å². The predicted octanol–water partition coefficient (Wildman–Crippen LogP) is 2.94. The van der Waals surface area contributed by atoms with Crippen molar-refractivity contribution < 1.29 is 0 Å². The summed E-state index contributed by atoms with van der Waals surface area (Å²) in [6, 6.07) is 7.47. The van der Waals surface area contributed by atoms with Crippen LogP contribution in [0.3, 0.4) is 0 Å². The van der Waals surface area contributed by atoms with Crippen molar-refractivity contribution >= 4 is 22.5 Å². The summed E-state index contributed by atoms with van der Waals surface area (Å²) < 4.78 is 1.79. The Morgan fingerprint density at radius 3 is 2.83 bits per heavy atom. The standard InChI is InChI=1S/C17H19ClN4O/c1-3-22(10-12-8-19-21(2)9-12)11-14-6-13-4-5-15(18)7-16(13)20-17(14)23/h4-9H,3,10-11H2,1-2H3,(H,20,23). The fraction of sp³-hybridized carbons (Fsp3) is 0.294. The van der Waals surface area contributed by atoms with E-state index in [1.165, 1.54) is 0 Å². The minimum absolute atomic E-state index is 0.0654. The van der Waals surface area contributed by atoms with Crippen molar-refractivity contribution in [2.24, 2.45) is 7.05 Å². The van der Waals surface area contributed by atoms with Gasteiger partial charge in [0, 0.05) is 48.0 Å². The van der Waals surface area contributed by atoms with Crippen molar-refractivity contribution in [1.29, 1.82) is 0 Å². The number of halogens is 1. The highest BCUT2D eigenvalue weighted by atomic mass is 35.5. The van der Waals surface area contributed by atoms with Gasteiger partial charge in [-0.25, -0.2) is 0 Å². The van der Waals surface area contributed by atoms with Gasteiger partial charge in [-0.05, 0) is 30.1 Å². The number of hydrogen-bond donors (Lipinski definition) is 1. The van der Waals surface area contributed by atoms with E-state index >= 15 is 0 Å². The number of fused-ring (bicyclic) bond motifs is 1. The number of nitrogens with one attached hydrogen (secondary N) is 1. The molecule has 120 valence electrons. The molecule has 0 aliphatic rings. The highest BCUT2D eigenvalue weighted by Crippen LogP contribution is 2.17. The summed E-state index contributed by atoms with van der Waals surface area (Å²) in [7, 11) is 1.90. The fourth-order valence-electron chi connectivity index (χ4n) is 2.67. The third kappa shape index (κ3) is 3.63. The van der Waals surface area contributed by atoms with Gasteiger partial charge < -0.3 is 4.98 Å². The second-order valence-corrected chi connectivity index (χ2v) is 6.12. The first-order valence-corrected chi connectivity index (χ1v) is 7.94. The van der Waals surface area contributed by atoms with Crippen LogP contribution in [0.1, 0.15) is 18.1 Å². The van der Waals surface area contributed by atoms with Gasteiger partial charge in [-0.15, -0.1) is 0 Å². The van der Waals surface area contributed by atoms with Gasteiger partial charge in [-0.3, -0.25) is 14.4 Å². The fourth-order valence-corrected chi connectivity index (χ4v) is 2.84. The SMILES string of the molecule is CCN(Cc1cnn(C)c1)Cc1cc2ccc(Cl)cc2[nH]c1=O. The molecule has 5 nitrogen and oxygen atoms in total. The van der Waals surface area contributed by atoms with Crippen LogP contribution in [0.2, 0.25) is 5.02 Å². The van der Waals surface area contributed by atoms with Gasteiger partial charge in [0.15, 0.2) is 0 Å². The minimum atomic E-state index is -0.0654. The second-order valence-electron chi connectivity index (χ2n) is 5.68. The number of rotatable bonds is 5. The van der Waals surface area contributed by atoms with Crippen molar-refractivity contribution in [2.45, 2.75) is 20.0 Å². The molecule has 2 heterocycles. The molecule has 6 heteroatoms. The van der Waals surface area contributed by atoms with E-state index in [0.29, 0.717) is 11.6 Å². The summed E-state index contributed by atoms with van der Waals surface area (Å²) in [4.78, 5) is 17.4. The van der Waals surface area contributed by atoms with E-state index in [2.05, 4.69) is 21.9 Å². The van der Waals surface area contributed by atoms with E-state index in [1.807, 2.05) is 37.6 Å². The maximum atomic E-state index is 12.3. The highest BCUT2D eigenvalue weighted by molar-refractivity contribution is 6.31. The summed E-state index contributed by atoms with van der Waals surface area (Å²) in [6.45, 7) is 4.31. The zero-order valence-corrected chi connectivity index (χ0v) is 14.0. The molecule has 0 fully saturated rings. The largest absolute Gasteiger partial charge is 0.322 e. The smallest absolute Gasteiger partial charge is 0.252 e. The van der Waals surface area contributed by atoms with Crippen LogP contribution in [0.15, 0.2) is 41.5 Å². The van der Waals surface area contributed by atoms with Crippen LogP contribution in [0.5, 0.6) is 0 Å². The van der Waals surface area contributed by atoms with Gasteiger partial charge in [-0.1, -0.05) is 24.6 Å².